The molecule has 2 aromatic rings. The van der Waals surface area contributed by atoms with Gasteiger partial charge in [0.05, 0.1) is 17.1 Å². The highest BCUT2D eigenvalue weighted by Gasteiger charge is 2.29. The van der Waals surface area contributed by atoms with Gasteiger partial charge < -0.3 is 14.8 Å². The number of nitrogens with zero attached hydrogens (tertiary/aromatic N) is 1. The van der Waals surface area contributed by atoms with E-state index in [2.05, 4.69) is 12.2 Å². The molecule has 1 amide bonds. The molecule has 1 heterocycles. The number of esters is 1. The maximum absolute atomic E-state index is 12.6. The molecule has 0 radical (unpaired) electrons. The number of aryl methyl sites for hydroxylation is 1. The van der Waals surface area contributed by atoms with Crippen molar-refractivity contribution >= 4 is 33.9 Å². The summed E-state index contributed by atoms with van der Waals surface area (Å²) in [7, 11) is 0. The van der Waals surface area contributed by atoms with Crippen LogP contribution in [-0.2, 0) is 22.4 Å². The Morgan fingerprint density at radius 2 is 2.10 bits per heavy atom. The summed E-state index contributed by atoms with van der Waals surface area (Å²) in [6.45, 7) is 5.50. The molecule has 0 saturated carbocycles. The Kier molecular flexibility index (Phi) is 7.27. The van der Waals surface area contributed by atoms with E-state index in [4.69, 9.17) is 9.47 Å². The van der Waals surface area contributed by atoms with Crippen molar-refractivity contribution in [3.63, 3.8) is 0 Å². The van der Waals surface area contributed by atoms with Gasteiger partial charge in [0.2, 0.25) is 0 Å². The van der Waals surface area contributed by atoms with Gasteiger partial charge in [-0.2, -0.15) is 0 Å². The predicted molar refractivity (Wildman–Crippen MR) is 118 cm³/mol. The number of carbonyl (C=O) groups excluding carboxylic acids is 2. The number of thiophene rings is 1. The van der Waals surface area contributed by atoms with Crippen molar-refractivity contribution in [2.24, 2.45) is 5.92 Å². The molecule has 1 aliphatic rings. The molecule has 31 heavy (non-hydrogen) atoms. The fourth-order valence-corrected chi connectivity index (χ4v) is 5.11. The van der Waals surface area contributed by atoms with Crippen molar-refractivity contribution in [1.82, 2.24) is 0 Å². The number of hydrogen-bond acceptors (Lipinski definition) is 7. The third-order valence-corrected chi connectivity index (χ3v) is 6.58. The van der Waals surface area contributed by atoms with Crippen molar-refractivity contribution < 1.29 is 24.0 Å². The van der Waals surface area contributed by atoms with E-state index in [1.54, 1.807) is 13.8 Å². The molecule has 0 bridgehead atoms. The predicted octanol–water partition coefficient (Wildman–Crippen LogP) is 4.67. The Bertz CT molecular complexity index is 1000. The molecule has 1 aromatic heterocycles. The second-order valence-corrected chi connectivity index (χ2v) is 8.59. The first-order chi connectivity index (χ1) is 14.8. The van der Waals surface area contributed by atoms with Gasteiger partial charge in [0.1, 0.15) is 10.8 Å². The first kappa shape index (κ1) is 22.7. The molecule has 0 aliphatic heterocycles. The van der Waals surface area contributed by atoms with Crippen LogP contribution in [0.3, 0.4) is 0 Å². The monoisotopic (exact) mass is 446 g/mol. The Morgan fingerprint density at radius 3 is 2.74 bits per heavy atom. The van der Waals surface area contributed by atoms with E-state index in [0.717, 1.165) is 36.1 Å². The van der Waals surface area contributed by atoms with Gasteiger partial charge in [0, 0.05) is 16.5 Å². The van der Waals surface area contributed by atoms with Crippen LogP contribution in [0.2, 0.25) is 0 Å². The van der Waals surface area contributed by atoms with Gasteiger partial charge in [-0.3, -0.25) is 14.9 Å². The second kappa shape index (κ2) is 9.91. The summed E-state index contributed by atoms with van der Waals surface area (Å²) in [5.74, 6) is 0.114. The van der Waals surface area contributed by atoms with Crippen LogP contribution >= 0.6 is 11.3 Å². The minimum atomic E-state index is -0.468. The molecule has 0 saturated heterocycles. The van der Waals surface area contributed by atoms with Crippen molar-refractivity contribution in [3.8, 4) is 5.75 Å². The highest BCUT2D eigenvalue weighted by Crippen LogP contribution is 2.40. The zero-order valence-corrected chi connectivity index (χ0v) is 18.7. The Labute approximate surface area is 184 Å². The molecule has 3 rings (SSSR count). The zero-order chi connectivity index (χ0) is 22.5. The summed E-state index contributed by atoms with van der Waals surface area (Å²) < 4.78 is 10.7. The van der Waals surface area contributed by atoms with Crippen LogP contribution < -0.4 is 10.1 Å². The number of hydrogen-bond donors (Lipinski definition) is 1. The van der Waals surface area contributed by atoms with Gasteiger partial charge in [0.25, 0.3) is 11.6 Å². The van der Waals surface area contributed by atoms with Crippen molar-refractivity contribution in [2.75, 3.05) is 18.5 Å². The lowest BCUT2D eigenvalue weighted by molar-refractivity contribution is -0.385. The number of nitro benzene ring substituents is 1. The first-order valence-corrected chi connectivity index (χ1v) is 11.1. The summed E-state index contributed by atoms with van der Waals surface area (Å²) >= 11 is 1.43. The van der Waals surface area contributed by atoms with Crippen LogP contribution in [0, 0.1) is 23.0 Å². The van der Waals surface area contributed by atoms with Crippen molar-refractivity contribution in [2.45, 2.75) is 46.5 Å². The Hall–Kier alpha value is -2.94. The number of ether oxygens (including phenoxy) is 2. The molecular weight excluding hydrogens is 420 g/mol. The van der Waals surface area contributed by atoms with Gasteiger partial charge >= 0.3 is 5.97 Å². The first-order valence-electron chi connectivity index (χ1n) is 10.3. The maximum atomic E-state index is 12.6. The zero-order valence-electron chi connectivity index (χ0n) is 17.9. The molecule has 1 atom stereocenters. The van der Waals surface area contributed by atoms with Gasteiger partial charge in [0.15, 0.2) is 6.61 Å². The number of benzene rings is 1. The number of amides is 1. The average molecular weight is 447 g/mol. The normalized spacial score (nSPS) is 15.1. The van der Waals surface area contributed by atoms with Gasteiger partial charge in [-0.25, -0.2) is 4.79 Å². The van der Waals surface area contributed by atoms with Crippen molar-refractivity contribution in [3.05, 3.63) is 49.9 Å². The SMILES string of the molecule is CCOC(=O)c1c(NC(=O)COc2ccc([N+](=O)[O-])c(C)c2)sc2c1CC[C@H](CC)C2. The van der Waals surface area contributed by atoms with E-state index >= 15 is 0 Å². The van der Waals surface area contributed by atoms with Crippen LogP contribution in [0.5, 0.6) is 5.75 Å². The van der Waals surface area contributed by atoms with Gasteiger partial charge in [-0.1, -0.05) is 13.3 Å². The summed E-state index contributed by atoms with van der Waals surface area (Å²) in [5.41, 5.74) is 1.88. The quantitative estimate of drug-likeness (QED) is 0.359. The largest absolute Gasteiger partial charge is 0.484 e. The smallest absolute Gasteiger partial charge is 0.341 e. The van der Waals surface area contributed by atoms with Crippen molar-refractivity contribution in [1.29, 1.82) is 0 Å². The maximum Gasteiger partial charge on any atom is 0.341 e. The van der Waals surface area contributed by atoms with Crippen LogP contribution in [0.15, 0.2) is 18.2 Å². The third kappa shape index (κ3) is 5.22. The molecule has 1 aromatic carbocycles. The number of carbonyl (C=O) groups is 2. The van der Waals surface area contributed by atoms with E-state index < -0.39 is 16.8 Å². The molecule has 0 unspecified atom stereocenters. The summed E-state index contributed by atoms with van der Waals surface area (Å²) in [6, 6.07) is 4.32. The molecule has 0 fully saturated rings. The van der Waals surface area contributed by atoms with E-state index in [9.17, 15) is 19.7 Å². The highest BCUT2D eigenvalue weighted by atomic mass is 32.1. The molecule has 8 nitrogen and oxygen atoms in total. The van der Waals surface area contributed by atoms with Crippen LogP contribution in [0.25, 0.3) is 0 Å². The Morgan fingerprint density at radius 1 is 1.32 bits per heavy atom. The minimum Gasteiger partial charge on any atom is -0.484 e. The van der Waals surface area contributed by atoms with E-state index in [-0.39, 0.29) is 18.9 Å². The third-order valence-electron chi connectivity index (χ3n) is 5.41. The van der Waals surface area contributed by atoms with E-state index in [1.165, 1.54) is 29.5 Å². The van der Waals surface area contributed by atoms with E-state index in [1.807, 2.05) is 0 Å². The average Bonchev–Trinajstić information content (AvgIpc) is 3.08. The number of nitro groups is 1. The highest BCUT2D eigenvalue weighted by molar-refractivity contribution is 7.17. The molecule has 1 aliphatic carbocycles. The topological polar surface area (TPSA) is 108 Å². The standard InChI is InChI=1S/C22H26N2O6S/c1-4-14-6-8-16-18(11-14)31-21(20(16)22(26)29-5-2)23-19(25)12-30-15-7-9-17(24(27)28)13(3)10-15/h7,9-10,14H,4-6,8,11-12H2,1-3H3,(H,23,25)/t14-/m0/s1. The summed E-state index contributed by atoms with van der Waals surface area (Å²) in [6.07, 6.45) is 3.79. The molecule has 166 valence electrons. The molecule has 1 N–H and O–H groups in total. The summed E-state index contributed by atoms with van der Waals surface area (Å²) in [5, 5.41) is 14.2. The lowest BCUT2D eigenvalue weighted by atomic mass is 9.85. The molecule has 9 heteroatoms. The van der Waals surface area contributed by atoms with Gasteiger partial charge in [-0.05, 0) is 56.7 Å². The number of rotatable bonds is 8. The lowest BCUT2D eigenvalue weighted by Crippen LogP contribution is -2.21. The fraction of sp³-hybridized carbons (Fsp3) is 0.455. The van der Waals surface area contributed by atoms with Crippen LogP contribution in [-0.4, -0.2) is 30.0 Å². The summed E-state index contributed by atoms with van der Waals surface area (Å²) in [4.78, 5) is 36.7. The molecular formula is C22H26N2O6S. The number of anilines is 1. The minimum absolute atomic E-state index is 0.00886. The van der Waals surface area contributed by atoms with Crippen LogP contribution in [0.4, 0.5) is 10.7 Å². The van der Waals surface area contributed by atoms with Gasteiger partial charge in [-0.15, -0.1) is 11.3 Å². The number of fused-ring (bicyclic) bond motifs is 1. The number of nitrogens with one attached hydrogen (secondary N) is 1. The Balaban J connectivity index is 1.73. The van der Waals surface area contributed by atoms with Crippen LogP contribution in [0.1, 0.15) is 53.1 Å². The molecule has 0 spiro atoms. The van der Waals surface area contributed by atoms with E-state index in [0.29, 0.717) is 27.8 Å². The lowest BCUT2D eigenvalue weighted by Gasteiger charge is -2.20. The second-order valence-electron chi connectivity index (χ2n) is 7.49. The fourth-order valence-electron chi connectivity index (χ4n) is 3.74.